The van der Waals surface area contributed by atoms with Gasteiger partial charge in [0.2, 0.25) is 5.88 Å². The Morgan fingerprint density at radius 2 is 1.90 bits per heavy atom. The molecule has 144 valence electrons. The molecule has 1 aliphatic heterocycles. The predicted molar refractivity (Wildman–Crippen MR) is 111 cm³/mol. The lowest BCUT2D eigenvalue weighted by molar-refractivity contribution is 0.323. The Morgan fingerprint density at radius 1 is 1.00 bits per heavy atom. The summed E-state index contributed by atoms with van der Waals surface area (Å²) >= 11 is 0. The van der Waals surface area contributed by atoms with E-state index in [4.69, 9.17) is 9.40 Å². The van der Waals surface area contributed by atoms with Crippen molar-refractivity contribution in [2.75, 3.05) is 13.1 Å². The predicted octanol–water partition coefficient (Wildman–Crippen LogP) is 4.15. The first kappa shape index (κ1) is 16.5. The van der Waals surface area contributed by atoms with Gasteiger partial charge in [-0.25, -0.2) is 9.67 Å². The normalized spacial score (nSPS) is 15.0. The Balaban J connectivity index is 1.32. The van der Waals surface area contributed by atoms with E-state index < -0.39 is 0 Å². The standard InChI is InChI=1S/C22H20N6O/c1-2-6-19-15(5-1)12-21(29-19)28-18-8-7-16(11-17(18)13-23-28)22-24-20(25-26-22)14-27-9-3-4-10-27/h1-2,5-8,11-13H,3-4,9-10,14H2,(H,24,25,26). The molecule has 1 fully saturated rings. The largest absolute Gasteiger partial charge is 0.438 e. The van der Waals surface area contributed by atoms with E-state index in [1.165, 1.54) is 12.8 Å². The van der Waals surface area contributed by atoms with Gasteiger partial charge in [0.05, 0.1) is 18.3 Å². The van der Waals surface area contributed by atoms with Gasteiger partial charge >= 0.3 is 0 Å². The molecule has 1 N–H and O–H groups in total. The first-order valence-corrected chi connectivity index (χ1v) is 9.94. The van der Waals surface area contributed by atoms with Crippen LogP contribution in [-0.4, -0.2) is 43.0 Å². The van der Waals surface area contributed by atoms with Crippen LogP contribution < -0.4 is 0 Å². The van der Waals surface area contributed by atoms with E-state index in [-0.39, 0.29) is 0 Å². The van der Waals surface area contributed by atoms with Gasteiger partial charge in [-0.15, -0.1) is 0 Å². The average Bonchev–Trinajstić information content (AvgIpc) is 3.53. The molecule has 5 aromatic rings. The van der Waals surface area contributed by atoms with Crippen LogP contribution in [0, 0.1) is 0 Å². The summed E-state index contributed by atoms with van der Waals surface area (Å²) in [5.74, 6) is 2.34. The molecule has 0 bridgehead atoms. The first-order chi connectivity index (χ1) is 14.3. The molecule has 1 saturated heterocycles. The SMILES string of the molecule is c1ccc2oc(-n3ncc4cc(-c5n[nH]c(CN6CCCC6)n5)ccc43)cc2c1. The van der Waals surface area contributed by atoms with Gasteiger partial charge in [-0.1, -0.05) is 18.2 Å². The summed E-state index contributed by atoms with van der Waals surface area (Å²) in [6, 6.07) is 16.1. The average molecular weight is 384 g/mol. The van der Waals surface area contributed by atoms with Crippen LogP contribution in [0.1, 0.15) is 18.7 Å². The number of nitrogens with one attached hydrogen (secondary N) is 1. The van der Waals surface area contributed by atoms with Crippen molar-refractivity contribution in [2.45, 2.75) is 19.4 Å². The highest BCUT2D eigenvalue weighted by Crippen LogP contribution is 2.27. The number of furan rings is 1. The number of fused-ring (bicyclic) bond motifs is 2. The molecule has 6 rings (SSSR count). The van der Waals surface area contributed by atoms with Gasteiger partial charge < -0.3 is 4.42 Å². The minimum atomic E-state index is 0.708. The van der Waals surface area contributed by atoms with E-state index in [0.29, 0.717) is 5.88 Å². The van der Waals surface area contributed by atoms with Gasteiger partial charge in [0, 0.05) is 22.4 Å². The second-order valence-corrected chi connectivity index (χ2v) is 7.54. The maximum atomic E-state index is 5.97. The molecular weight excluding hydrogens is 364 g/mol. The number of aromatic nitrogens is 5. The lowest BCUT2D eigenvalue weighted by atomic mass is 10.1. The highest BCUT2D eigenvalue weighted by atomic mass is 16.4. The number of para-hydroxylation sites is 1. The number of rotatable bonds is 4. The highest BCUT2D eigenvalue weighted by Gasteiger charge is 2.16. The summed E-state index contributed by atoms with van der Waals surface area (Å²) < 4.78 is 7.80. The molecule has 0 atom stereocenters. The summed E-state index contributed by atoms with van der Waals surface area (Å²) in [6.07, 6.45) is 4.39. The topological polar surface area (TPSA) is 75.8 Å². The van der Waals surface area contributed by atoms with Gasteiger partial charge in [0.25, 0.3) is 0 Å². The van der Waals surface area contributed by atoms with Crippen molar-refractivity contribution in [1.82, 2.24) is 29.9 Å². The highest BCUT2D eigenvalue weighted by molar-refractivity contribution is 5.85. The molecule has 2 aromatic carbocycles. The minimum absolute atomic E-state index is 0.708. The van der Waals surface area contributed by atoms with E-state index >= 15 is 0 Å². The Kier molecular flexibility index (Phi) is 3.73. The van der Waals surface area contributed by atoms with Crippen molar-refractivity contribution in [1.29, 1.82) is 0 Å². The number of nitrogens with zero attached hydrogens (tertiary/aromatic N) is 5. The summed E-state index contributed by atoms with van der Waals surface area (Å²) in [5, 5.41) is 14.1. The van der Waals surface area contributed by atoms with Crippen molar-refractivity contribution in [3.8, 4) is 17.3 Å². The number of likely N-dealkylation sites (tertiary alicyclic amines) is 1. The number of benzene rings is 2. The molecule has 4 heterocycles. The lowest BCUT2D eigenvalue weighted by Crippen LogP contribution is -2.19. The molecule has 29 heavy (non-hydrogen) atoms. The van der Waals surface area contributed by atoms with Crippen LogP contribution in [0.4, 0.5) is 0 Å². The molecule has 0 amide bonds. The van der Waals surface area contributed by atoms with Crippen LogP contribution in [0.5, 0.6) is 0 Å². The van der Waals surface area contributed by atoms with Gasteiger partial charge in [-0.3, -0.25) is 10.00 Å². The van der Waals surface area contributed by atoms with Crippen molar-refractivity contribution < 1.29 is 4.42 Å². The van der Waals surface area contributed by atoms with Gasteiger partial charge in [-0.05, 0) is 50.2 Å². The molecule has 3 aromatic heterocycles. The Hall–Kier alpha value is -3.45. The van der Waals surface area contributed by atoms with Gasteiger partial charge in [-0.2, -0.15) is 10.2 Å². The molecule has 0 saturated carbocycles. The zero-order chi connectivity index (χ0) is 19.2. The zero-order valence-electron chi connectivity index (χ0n) is 15.9. The molecule has 0 radical (unpaired) electrons. The van der Waals surface area contributed by atoms with E-state index in [2.05, 4.69) is 26.3 Å². The van der Waals surface area contributed by atoms with Crippen molar-refractivity contribution in [3.63, 3.8) is 0 Å². The third-order valence-corrected chi connectivity index (χ3v) is 5.55. The number of H-pyrrole nitrogens is 1. The quantitative estimate of drug-likeness (QED) is 0.504. The molecule has 7 nitrogen and oxygen atoms in total. The van der Waals surface area contributed by atoms with Crippen molar-refractivity contribution in [2.24, 2.45) is 0 Å². The fourth-order valence-electron chi connectivity index (χ4n) is 4.07. The van der Waals surface area contributed by atoms with Crippen LogP contribution in [0.3, 0.4) is 0 Å². The summed E-state index contributed by atoms with van der Waals surface area (Å²) in [4.78, 5) is 7.10. The second-order valence-electron chi connectivity index (χ2n) is 7.54. The van der Waals surface area contributed by atoms with Crippen LogP contribution in [0.25, 0.3) is 39.1 Å². The third-order valence-electron chi connectivity index (χ3n) is 5.55. The van der Waals surface area contributed by atoms with E-state index in [1.807, 2.05) is 53.3 Å². The monoisotopic (exact) mass is 384 g/mol. The molecule has 7 heteroatoms. The molecule has 0 spiro atoms. The molecular formula is C22H20N6O. The smallest absolute Gasteiger partial charge is 0.221 e. The molecule has 0 unspecified atom stereocenters. The molecule has 0 aliphatic carbocycles. The van der Waals surface area contributed by atoms with E-state index in [1.54, 1.807) is 0 Å². The molecule has 1 aliphatic rings. The fraction of sp³-hybridized carbons (Fsp3) is 0.227. The van der Waals surface area contributed by atoms with Crippen LogP contribution in [-0.2, 0) is 6.54 Å². The number of hydrogen-bond acceptors (Lipinski definition) is 5. The number of hydrogen-bond donors (Lipinski definition) is 1. The number of aromatic amines is 1. The van der Waals surface area contributed by atoms with Gasteiger partial charge in [0.1, 0.15) is 11.4 Å². The second kappa shape index (κ2) is 6.56. The first-order valence-electron chi connectivity index (χ1n) is 9.94. The van der Waals surface area contributed by atoms with Crippen LogP contribution in [0.2, 0.25) is 0 Å². The Morgan fingerprint density at radius 3 is 2.79 bits per heavy atom. The zero-order valence-corrected chi connectivity index (χ0v) is 15.9. The van der Waals surface area contributed by atoms with E-state index in [0.717, 1.165) is 58.7 Å². The third kappa shape index (κ3) is 2.91. The van der Waals surface area contributed by atoms with Crippen LogP contribution >= 0.6 is 0 Å². The van der Waals surface area contributed by atoms with Crippen LogP contribution in [0.15, 0.2) is 59.1 Å². The maximum Gasteiger partial charge on any atom is 0.221 e. The summed E-state index contributed by atoms with van der Waals surface area (Å²) in [5.41, 5.74) is 2.82. The Bertz CT molecular complexity index is 1270. The van der Waals surface area contributed by atoms with E-state index in [9.17, 15) is 0 Å². The summed E-state index contributed by atoms with van der Waals surface area (Å²) in [7, 11) is 0. The lowest BCUT2D eigenvalue weighted by Gasteiger charge is -2.11. The van der Waals surface area contributed by atoms with Gasteiger partial charge in [0.15, 0.2) is 5.82 Å². The van der Waals surface area contributed by atoms with Crippen molar-refractivity contribution >= 4 is 21.9 Å². The maximum absolute atomic E-state index is 5.97. The fourth-order valence-corrected chi connectivity index (χ4v) is 4.07. The summed E-state index contributed by atoms with van der Waals surface area (Å²) in [6.45, 7) is 3.12. The Labute approximate surface area is 167 Å². The van der Waals surface area contributed by atoms with Crippen molar-refractivity contribution in [3.05, 3.63) is 60.6 Å². The minimum Gasteiger partial charge on any atom is -0.438 e.